The number of hydrogen-bond donors (Lipinski definition) is 1. The molecule has 1 saturated heterocycles. The Kier molecular flexibility index (Phi) is 4.46. The molecule has 0 aromatic carbocycles. The van der Waals surface area contributed by atoms with Gasteiger partial charge in [0.25, 0.3) is 0 Å². The minimum absolute atomic E-state index is 0.110. The van der Waals surface area contributed by atoms with Crippen LogP contribution in [0.25, 0.3) is 0 Å². The van der Waals surface area contributed by atoms with Gasteiger partial charge in [0.1, 0.15) is 0 Å². The van der Waals surface area contributed by atoms with Crippen LogP contribution in [-0.2, 0) is 9.47 Å². The first-order chi connectivity index (χ1) is 8.46. The van der Waals surface area contributed by atoms with Gasteiger partial charge in [-0.3, -0.25) is 0 Å². The quantitative estimate of drug-likeness (QED) is 0.787. The SMILES string of the molecule is C[C@H]1CC=C(C[C@@H](O)C2COC(C)(C)OC2)CC1. The third-order valence-electron chi connectivity index (χ3n) is 4.07. The van der Waals surface area contributed by atoms with E-state index in [1.165, 1.54) is 12.0 Å². The molecule has 0 saturated carbocycles. The Hall–Kier alpha value is -0.380. The molecule has 2 rings (SSSR count). The zero-order chi connectivity index (χ0) is 13.2. The van der Waals surface area contributed by atoms with Crippen molar-refractivity contribution in [1.82, 2.24) is 0 Å². The molecule has 1 aliphatic carbocycles. The smallest absolute Gasteiger partial charge is 0.162 e. The van der Waals surface area contributed by atoms with E-state index in [9.17, 15) is 5.11 Å². The van der Waals surface area contributed by atoms with Gasteiger partial charge in [-0.15, -0.1) is 0 Å². The predicted octanol–water partition coefficient (Wildman–Crippen LogP) is 2.88. The Labute approximate surface area is 110 Å². The Balaban J connectivity index is 1.80. The van der Waals surface area contributed by atoms with Gasteiger partial charge in [-0.1, -0.05) is 18.6 Å². The lowest BCUT2D eigenvalue weighted by Gasteiger charge is -2.37. The number of aliphatic hydroxyl groups is 1. The van der Waals surface area contributed by atoms with Crippen LogP contribution in [0, 0.1) is 11.8 Å². The van der Waals surface area contributed by atoms with E-state index >= 15 is 0 Å². The van der Waals surface area contributed by atoms with E-state index in [1.807, 2.05) is 13.8 Å². The van der Waals surface area contributed by atoms with Crippen LogP contribution in [0.4, 0.5) is 0 Å². The van der Waals surface area contributed by atoms with Crippen molar-refractivity contribution < 1.29 is 14.6 Å². The molecule has 3 heteroatoms. The van der Waals surface area contributed by atoms with Gasteiger partial charge in [0, 0.05) is 5.92 Å². The van der Waals surface area contributed by atoms with Crippen LogP contribution < -0.4 is 0 Å². The molecule has 0 aromatic heterocycles. The van der Waals surface area contributed by atoms with Crippen LogP contribution in [0.3, 0.4) is 0 Å². The van der Waals surface area contributed by atoms with Crippen molar-refractivity contribution in [2.24, 2.45) is 11.8 Å². The monoisotopic (exact) mass is 254 g/mol. The Morgan fingerprint density at radius 3 is 2.61 bits per heavy atom. The van der Waals surface area contributed by atoms with Crippen molar-refractivity contribution in [3.63, 3.8) is 0 Å². The third-order valence-corrected chi connectivity index (χ3v) is 4.07. The summed E-state index contributed by atoms with van der Waals surface area (Å²) in [7, 11) is 0. The first-order valence-corrected chi connectivity index (χ1v) is 7.10. The van der Waals surface area contributed by atoms with Crippen LogP contribution in [0.2, 0.25) is 0 Å². The van der Waals surface area contributed by atoms with Crippen molar-refractivity contribution in [1.29, 1.82) is 0 Å². The van der Waals surface area contributed by atoms with Gasteiger partial charge >= 0.3 is 0 Å². The van der Waals surface area contributed by atoms with Gasteiger partial charge < -0.3 is 14.6 Å². The molecular weight excluding hydrogens is 228 g/mol. The molecule has 0 unspecified atom stereocenters. The van der Waals surface area contributed by atoms with Crippen molar-refractivity contribution in [3.8, 4) is 0 Å². The summed E-state index contributed by atoms with van der Waals surface area (Å²) in [4.78, 5) is 0. The summed E-state index contributed by atoms with van der Waals surface area (Å²) in [5.41, 5.74) is 1.41. The van der Waals surface area contributed by atoms with Crippen molar-refractivity contribution >= 4 is 0 Å². The minimum atomic E-state index is -0.490. The van der Waals surface area contributed by atoms with Gasteiger partial charge in [-0.25, -0.2) is 0 Å². The maximum atomic E-state index is 10.3. The fourth-order valence-corrected chi connectivity index (χ4v) is 2.57. The number of ether oxygens (including phenoxy) is 2. The molecule has 1 heterocycles. The molecule has 1 N–H and O–H groups in total. The maximum Gasteiger partial charge on any atom is 0.162 e. The largest absolute Gasteiger partial charge is 0.392 e. The van der Waals surface area contributed by atoms with E-state index in [-0.39, 0.29) is 12.0 Å². The highest BCUT2D eigenvalue weighted by molar-refractivity contribution is 5.07. The normalized spacial score (nSPS) is 30.9. The number of allylic oxidation sites excluding steroid dienone is 1. The Morgan fingerprint density at radius 2 is 2.06 bits per heavy atom. The zero-order valence-corrected chi connectivity index (χ0v) is 11.8. The Morgan fingerprint density at radius 1 is 1.39 bits per heavy atom. The van der Waals surface area contributed by atoms with Gasteiger partial charge in [0.2, 0.25) is 0 Å². The second-order valence-corrected chi connectivity index (χ2v) is 6.30. The summed E-state index contributed by atoms with van der Waals surface area (Å²) < 4.78 is 11.2. The minimum Gasteiger partial charge on any atom is -0.392 e. The second kappa shape index (κ2) is 5.72. The third kappa shape index (κ3) is 3.81. The van der Waals surface area contributed by atoms with E-state index in [0.29, 0.717) is 13.2 Å². The molecule has 2 aliphatic rings. The van der Waals surface area contributed by atoms with Crippen molar-refractivity contribution in [3.05, 3.63) is 11.6 Å². The summed E-state index contributed by atoms with van der Waals surface area (Å²) >= 11 is 0. The molecule has 0 bridgehead atoms. The summed E-state index contributed by atoms with van der Waals surface area (Å²) in [6, 6.07) is 0. The molecule has 0 amide bonds. The summed E-state index contributed by atoms with van der Waals surface area (Å²) in [5, 5.41) is 10.3. The number of hydrogen-bond acceptors (Lipinski definition) is 3. The van der Waals surface area contributed by atoms with Gasteiger partial charge in [-0.2, -0.15) is 0 Å². The predicted molar refractivity (Wildman–Crippen MR) is 71.2 cm³/mol. The molecule has 3 nitrogen and oxygen atoms in total. The van der Waals surface area contributed by atoms with E-state index < -0.39 is 5.79 Å². The fourth-order valence-electron chi connectivity index (χ4n) is 2.57. The molecule has 0 spiro atoms. The van der Waals surface area contributed by atoms with E-state index in [2.05, 4.69) is 13.0 Å². The molecule has 18 heavy (non-hydrogen) atoms. The summed E-state index contributed by atoms with van der Waals surface area (Å²) in [5.74, 6) is 0.418. The zero-order valence-electron chi connectivity index (χ0n) is 11.8. The first-order valence-electron chi connectivity index (χ1n) is 7.10. The van der Waals surface area contributed by atoms with E-state index in [4.69, 9.17) is 9.47 Å². The van der Waals surface area contributed by atoms with Crippen LogP contribution >= 0.6 is 0 Å². The van der Waals surface area contributed by atoms with E-state index in [0.717, 1.165) is 25.2 Å². The highest BCUT2D eigenvalue weighted by Crippen LogP contribution is 2.29. The number of aliphatic hydroxyl groups excluding tert-OH is 1. The molecule has 1 aliphatic heterocycles. The maximum absolute atomic E-state index is 10.3. The fraction of sp³-hybridized carbons (Fsp3) is 0.867. The lowest BCUT2D eigenvalue weighted by atomic mass is 9.86. The highest BCUT2D eigenvalue weighted by Gasteiger charge is 2.32. The van der Waals surface area contributed by atoms with E-state index in [1.54, 1.807) is 0 Å². The van der Waals surface area contributed by atoms with Crippen LogP contribution in [0.15, 0.2) is 11.6 Å². The van der Waals surface area contributed by atoms with Gasteiger partial charge in [-0.05, 0) is 45.4 Å². The molecule has 1 fully saturated rings. The first kappa shape index (κ1) is 14.0. The van der Waals surface area contributed by atoms with Gasteiger partial charge in [0.05, 0.1) is 19.3 Å². The topological polar surface area (TPSA) is 38.7 Å². The molecule has 0 aromatic rings. The van der Waals surface area contributed by atoms with Gasteiger partial charge in [0.15, 0.2) is 5.79 Å². The highest BCUT2D eigenvalue weighted by atomic mass is 16.7. The van der Waals surface area contributed by atoms with Crippen LogP contribution in [0.5, 0.6) is 0 Å². The van der Waals surface area contributed by atoms with Crippen LogP contribution in [0.1, 0.15) is 46.5 Å². The molecule has 0 radical (unpaired) electrons. The average molecular weight is 254 g/mol. The van der Waals surface area contributed by atoms with Crippen LogP contribution in [-0.4, -0.2) is 30.2 Å². The summed E-state index contributed by atoms with van der Waals surface area (Å²) in [6.07, 6.45) is 6.31. The summed E-state index contributed by atoms with van der Waals surface area (Å²) in [6.45, 7) is 7.31. The Bertz CT molecular complexity index is 299. The van der Waals surface area contributed by atoms with Crippen molar-refractivity contribution in [2.45, 2.75) is 58.3 Å². The second-order valence-electron chi connectivity index (χ2n) is 6.30. The standard InChI is InChI=1S/C15H26O3/c1-11-4-6-12(7-5-11)8-14(16)13-9-17-15(2,3)18-10-13/h6,11,13-14,16H,4-5,7-10H2,1-3H3/t11-,14+/m0/s1. The molecule has 2 atom stereocenters. The molecular formula is C15H26O3. The average Bonchev–Trinajstić information content (AvgIpc) is 2.32. The number of rotatable bonds is 3. The molecule has 104 valence electrons. The van der Waals surface area contributed by atoms with Crippen molar-refractivity contribution in [2.75, 3.05) is 13.2 Å². The lowest BCUT2D eigenvalue weighted by molar-refractivity contribution is -0.271. The lowest BCUT2D eigenvalue weighted by Crippen LogP contribution is -2.43.